The number of methoxy groups -OCH3 is 1. The number of piperazine rings is 1. The molecule has 2 aliphatic rings. The fraction of sp³-hybridized carbons (Fsp3) is 0.533. The number of hydrogen-bond donors (Lipinski definition) is 2. The van der Waals surface area contributed by atoms with Crippen LogP contribution in [-0.4, -0.2) is 75.1 Å². The van der Waals surface area contributed by atoms with Crippen molar-refractivity contribution in [3.05, 3.63) is 12.3 Å². The van der Waals surface area contributed by atoms with Gasteiger partial charge in [0.25, 0.3) is 0 Å². The molecule has 2 N–H and O–H groups in total. The van der Waals surface area contributed by atoms with Crippen molar-refractivity contribution in [3.8, 4) is 5.75 Å². The molecule has 1 aromatic heterocycles. The highest BCUT2D eigenvalue weighted by molar-refractivity contribution is 5.93. The maximum absolute atomic E-state index is 7.49. The molecule has 2 aliphatic heterocycles. The van der Waals surface area contributed by atoms with E-state index in [9.17, 15) is 0 Å². The van der Waals surface area contributed by atoms with Gasteiger partial charge in [0.05, 0.1) is 38.2 Å². The van der Waals surface area contributed by atoms with Gasteiger partial charge in [-0.2, -0.15) is 0 Å². The summed E-state index contributed by atoms with van der Waals surface area (Å²) in [6, 6.07) is 2.36. The monoisotopic (exact) mass is 318 g/mol. The molecule has 0 bridgehead atoms. The van der Waals surface area contributed by atoms with Crippen LogP contribution in [-0.2, 0) is 4.74 Å². The standard InChI is InChI=1S/C15H22N6O2/c1-17-15(16)19-14-7-13(22-2)12(8-18-14)21-5-3-20(4-6-21)11-9-23-10-11/h7-8,11H,1,3-6,9-10H2,2H3,(H2,16,18,19). The fourth-order valence-electron chi connectivity index (χ4n) is 2.82. The zero-order valence-corrected chi connectivity index (χ0v) is 13.3. The summed E-state index contributed by atoms with van der Waals surface area (Å²) in [7, 11) is 1.64. The minimum absolute atomic E-state index is 0.0383. The highest BCUT2D eigenvalue weighted by Crippen LogP contribution is 2.30. The largest absolute Gasteiger partial charge is 0.494 e. The number of aliphatic imine (C=N–C) groups is 1. The average Bonchev–Trinajstić information content (AvgIpc) is 2.54. The number of pyridine rings is 1. The van der Waals surface area contributed by atoms with Gasteiger partial charge in [0, 0.05) is 32.2 Å². The van der Waals surface area contributed by atoms with Crippen LogP contribution in [0.15, 0.2) is 17.3 Å². The summed E-state index contributed by atoms with van der Waals surface area (Å²) < 4.78 is 10.8. The van der Waals surface area contributed by atoms with Crippen LogP contribution in [0.3, 0.4) is 0 Å². The molecule has 0 saturated carbocycles. The molecule has 3 rings (SSSR count). The van der Waals surface area contributed by atoms with E-state index in [0.29, 0.717) is 11.9 Å². The quantitative estimate of drug-likeness (QED) is 0.626. The maximum atomic E-state index is 7.49. The Morgan fingerprint density at radius 2 is 2.17 bits per heavy atom. The normalized spacial score (nSPS) is 19.1. The van der Waals surface area contributed by atoms with Gasteiger partial charge in [-0.05, 0) is 6.72 Å². The first-order chi connectivity index (χ1) is 11.2. The van der Waals surface area contributed by atoms with Crippen LogP contribution in [0, 0.1) is 5.41 Å². The highest BCUT2D eigenvalue weighted by atomic mass is 16.5. The number of nitrogens with zero attached hydrogens (tertiary/aromatic N) is 4. The van der Waals surface area contributed by atoms with Gasteiger partial charge in [0.1, 0.15) is 11.6 Å². The summed E-state index contributed by atoms with van der Waals surface area (Å²) in [4.78, 5) is 12.6. The van der Waals surface area contributed by atoms with E-state index in [4.69, 9.17) is 14.9 Å². The van der Waals surface area contributed by atoms with E-state index in [1.807, 2.05) is 0 Å². The van der Waals surface area contributed by atoms with Crippen molar-refractivity contribution in [1.29, 1.82) is 5.41 Å². The Hall–Kier alpha value is -2.19. The Bertz CT molecular complexity index is 581. The van der Waals surface area contributed by atoms with Gasteiger partial charge in [-0.3, -0.25) is 10.3 Å². The van der Waals surface area contributed by atoms with E-state index in [1.165, 1.54) is 0 Å². The minimum Gasteiger partial charge on any atom is -0.494 e. The van der Waals surface area contributed by atoms with Crippen molar-refractivity contribution in [2.24, 2.45) is 4.99 Å². The van der Waals surface area contributed by atoms with Crippen molar-refractivity contribution in [1.82, 2.24) is 9.88 Å². The topological polar surface area (TPSA) is 86.1 Å². The summed E-state index contributed by atoms with van der Waals surface area (Å²) in [6.45, 7) is 8.92. The van der Waals surface area contributed by atoms with Gasteiger partial charge in [-0.25, -0.2) is 9.98 Å². The molecular weight excluding hydrogens is 296 g/mol. The second kappa shape index (κ2) is 6.93. The second-order valence-electron chi connectivity index (χ2n) is 5.59. The molecule has 0 aliphatic carbocycles. The number of anilines is 2. The Kier molecular flexibility index (Phi) is 4.73. The smallest absolute Gasteiger partial charge is 0.220 e. The van der Waals surface area contributed by atoms with Crippen LogP contribution in [0.5, 0.6) is 5.75 Å². The molecule has 2 fully saturated rings. The first kappa shape index (κ1) is 15.7. The summed E-state index contributed by atoms with van der Waals surface area (Å²) in [5.74, 6) is 1.22. The number of rotatable bonds is 4. The van der Waals surface area contributed by atoms with Crippen molar-refractivity contribution in [2.75, 3.05) is 56.7 Å². The minimum atomic E-state index is -0.0383. The van der Waals surface area contributed by atoms with Gasteiger partial charge in [0.2, 0.25) is 5.96 Å². The van der Waals surface area contributed by atoms with Gasteiger partial charge in [0.15, 0.2) is 0 Å². The molecular formula is C15H22N6O2. The van der Waals surface area contributed by atoms with Crippen LogP contribution in [0.1, 0.15) is 0 Å². The molecule has 0 spiro atoms. The lowest BCUT2D eigenvalue weighted by Gasteiger charge is -2.43. The molecule has 3 heterocycles. The van der Waals surface area contributed by atoms with Crippen molar-refractivity contribution >= 4 is 24.2 Å². The third-order valence-corrected chi connectivity index (χ3v) is 4.26. The fourth-order valence-corrected chi connectivity index (χ4v) is 2.82. The molecule has 8 nitrogen and oxygen atoms in total. The van der Waals surface area contributed by atoms with Crippen LogP contribution >= 0.6 is 0 Å². The predicted octanol–water partition coefficient (Wildman–Crippen LogP) is 0.658. The average molecular weight is 318 g/mol. The van der Waals surface area contributed by atoms with Gasteiger partial charge >= 0.3 is 0 Å². The predicted molar refractivity (Wildman–Crippen MR) is 90.1 cm³/mol. The maximum Gasteiger partial charge on any atom is 0.220 e. The number of ether oxygens (including phenoxy) is 2. The van der Waals surface area contributed by atoms with Crippen LogP contribution in [0.2, 0.25) is 0 Å². The van der Waals surface area contributed by atoms with Crippen molar-refractivity contribution in [3.63, 3.8) is 0 Å². The molecule has 0 aromatic carbocycles. The lowest BCUT2D eigenvalue weighted by atomic mass is 10.1. The summed E-state index contributed by atoms with van der Waals surface area (Å²) in [5.41, 5.74) is 0.973. The third-order valence-electron chi connectivity index (χ3n) is 4.26. The molecule has 0 amide bonds. The second-order valence-corrected chi connectivity index (χ2v) is 5.59. The number of nitrogens with one attached hydrogen (secondary N) is 2. The Balaban J connectivity index is 1.67. The Morgan fingerprint density at radius 1 is 1.43 bits per heavy atom. The lowest BCUT2D eigenvalue weighted by molar-refractivity contribution is -0.0660. The first-order valence-corrected chi connectivity index (χ1v) is 7.64. The lowest BCUT2D eigenvalue weighted by Crippen LogP contribution is -2.56. The first-order valence-electron chi connectivity index (χ1n) is 7.64. The van der Waals surface area contributed by atoms with E-state index in [1.54, 1.807) is 19.4 Å². The number of aromatic nitrogens is 1. The molecule has 0 radical (unpaired) electrons. The van der Waals surface area contributed by atoms with E-state index in [-0.39, 0.29) is 5.96 Å². The SMILES string of the molecule is C=NC(=N)Nc1cc(OC)c(N2CCN(C3COC3)CC2)cn1. The Labute approximate surface area is 135 Å². The van der Waals surface area contributed by atoms with E-state index >= 15 is 0 Å². The van der Waals surface area contributed by atoms with Crippen LogP contribution in [0.4, 0.5) is 11.5 Å². The van der Waals surface area contributed by atoms with Crippen LogP contribution in [0.25, 0.3) is 0 Å². The van der Waals surface area contributed by atoms with E-state index in [0.717, 1.165) is 50.8 Å². The molecule has 1 aromatic rings. The summed E-state index contributed by atoms with van der Waals surface area (Å²) >= 11 is 0. The zero-order valence-electron chi connectivity index (χ0n) is 13.3. The molecule has 124 valence electrons. The van der Waals surface area contributed by atoms with E-state index in [2.05, 4.69) is 31.8 Å². The molecule has 8 heteroatoms. The van der Waals surface area contributed by atoms with E-state index < -0.39 is 0 Å². The zero-order chi connectivity index (χ0) is 16.2. The molecule has 2 saturated heterocycles. The highest BCUT2D eigenvalue weighted by Gasteiger charge is 2.29. The summed E-state index contributed by atoms with van der Waals surface area (Å²) in [6.07, 6.45) is 1.78. The Morgan fingerprint density at radius 3 is 2.74 bits per heavy atom. The number of guanidine groups is 1. The van der Waals surface area contributed by atoms with Gasteiger partial charge in [-0.1, -0.05) is 0 Å². The van der Waals surface area contributed by atoms with Gasteiger partial charge in [-0.15, -0.1) is 0 Å². The molecule has 0 unspecified atom stereocenters. The van der Waals surface area contributed by atoms with Crippen molar-refractivity contribution < 1.29 is 9.47 Å². The summed E-state index contributed by atoms with van der Waals surface area (Å²) in [5, 5.41) is 10.2. The van der Waals surface area contributed by atoms with Gasteiger partial charge < -0.3 is 19.7 Å². The van der Waals surface area contributed by atoms with Crippen LogP contribution < -0.4 is 15.0 Å². The molecule has 23 heavy (non-hydrogen) atoms. The third kappa shape index (κ3) is 3.43. The number of hydrogen-bond acceptors (Lipinski definition) is 6. The molecule has 0 atom stereocenters. The van der Waals surface area contributed by atoms with Crippen molar-refractivity contribution in [2.45, 2.75) is 6.04 Å².